The number of nitrogens with zero attached hydrogens (tertiary/aromatic N) is 3. The van der Waals surface area contributed by atoms with Gasteiger partial charge in [0.05, 0.1) is 5.69 Å². The molecule has 0 aliphatic rings. The van der Waals surface area contributed by atoms with Gasteiger partial charge in [0, 0.05) is 25.4 Å². The summed E-state index contributed by atoms with van der Waals surface area (Å²) in [6.45, 7) is 3.08. The van der Waals surface area contributed by atoms with Gasteiger partial charge in [0.2, 0.25) is 0 Å². The van der Waals surface area contributed by atoms with E-state index in [9.17, 15) is 0 Å². The Labute approximate surface area is 110 Å². The van der Waals surface area contributed by atoms with Crippen LogP contribution in [0.15, 0.2) is 34.1 Å². The van der Waals surface area contributed by atoms with Crippen LogP contribution in [0.4, 0.5) is 0 Å². The van der Waals surface area contributed by atoms with Gasteiger partial charge in [-0.1, -0.05) is 10.3 Å². The Hall–Kier alpha value is -2.41. The van der Waals surface area contributed by atoms with Gasteiger partial charge in [-0.15, -0.1) is 0 Å². The molecule has 0 radical (unpaired) electrons. The molecule has 0 aliphatic carbocycles. The number of nitrogens with one attached hydrogen (secondary N) is 1. The van der Waals surface area contributed by atoms with Crippen LogP contribution in [0.3, 0.4) is 0 Å². The van der Waals surface area contributed by atoms with Gasteiger partial charge >= 0.3 is 0 Å². The molecule has 0 saturated carbocycles. The molecule has 0 aliphatic heterocycles. The van der Waals surface area contributed by atoms with E-state index in [0.717, 1.165) is 17.0 Å². The highest BCUT2D eigenvalue weighted by Crippen LogP contribution is 2.04. The van der Waals surface area contributed by atoms with Crippen LogP contribution >= 0.6 is 0 Å². The molecule has 0 spiro atoms. The van der Waals surface area contributed by atoms with Gasteiger partial charge in [-0.3, -0.25) is 4.98 Å². The molecule has 0 atom stereocenters. The van der Waals surface area contributed by atoms with Crippen molar-refractivity contribution in [2.75, 3.05) is 0 Å². The minimum Gasteiger partial charge on any atom is -0.409 e. The Morgan fingerprint density at radius 3 is 3.00 bits per heavy atom. The zero-order chi connectivity index (χ0) is 13.7. The number of nitrogens with two attached hydrogens (primary N) is 1. The molecule has 7 nitrogen and oxygen atoms in total. The Morgan fingerprint density at radius 2 is 2.32 bits per heavy atom. The first-order valence-corrected chi connectivity index (χ1v) is 5.75. The summed E-state index contributed by atoms with van der Waals surface area (Å²) in [4.78, 5) is 4.01. The predicted molar refractivity (Wildman–Crippen MR) is 68.5 cm³/mol. The monoisotopic (exact) mass is 261 g/mol. The average Bonchev–Trinajstić information content (AvgIpc) is 2.84. The lowest BCUT2D eigenvalue weighted by atomic mass is 10.2. The van der Waals surface area contributed by atoms with E-state index >= 15 is 0 Å². The molecule has 4 N–H and O–H groups in total. The number of rotatable bonds is 5. The van der Waals surface area contributed by atoms with Crippen LogP contribution in [-0.2, 0) is 13.1 Å². The van der Waals surface area contributed by atoms with Crippen LogP contribution in [0, 0.1) is 6.92 Å². The molecule has 2 aromatic heterocycles. The van der Waals surface area contributed by atoms with Crippen molar-refractivity contribution in [1.29, 1.82) is 0 Å². The fourth-order valence-electron chi connectivity index (χ4n) is 1.61. The van der Waals surface area contributed by atoms with Crippen molar-refractivity contribution in [2.24, 2.45) is 10.9 Å². The number of hydrogen-bond acceptors (Lipinski definition) is 6. The molecular formula is C12H15N5O2. The number of aryl methyl sites for hydroxylation is 1. The van der Waals surface area contributed by atoms with Gasteiger partial charge in [-0.25, -0.2) is 0 Å². The molecule has 2 heterocycles. The van der Waals surface area contributed by atoms with Crippen molar-refractivity contribution in [2.45, 2.75) is 20.0 Å². The zero-order valence-corrected chi connectivity index (χ0v) is 10.5. The highest BCUT2D eigenvalue weighted by atomic mass is 16.5. The third-order valence-electron chi connectivity index (χ3n) is 2.51. The van der Waals surface area contributed by atoms with Crippen LogP contribution in [-0.4, -0.2) is 21.2 Å². The first-order valence-electron chi connectivity index (χ1n) is 5.75. The van der Waals surface area contributed by atoms with Crippen LogP contribution in [0.5, 0.6) is 0 Å². The highest BCUT2D eigenvalue weighted by molar-refractivity contribution is 5.95. The maximum absolute atomic E-state index is 8.59. The molecule has 2 aromatic rings. The lowest BCUT2D eigenvalue weighted by molar-refractivity contribution is 0.318. The van der Waals surface area contributed by atoms with Crippen molar-refractivity contribution in [3.05, 3.63) is 47.1 Å². The van der Waals surface area contributed by atoms with Crippen molar-refractivity contribution >= 4 is 5.84 Å². The van der Waals surface area contributed by atoms with Gasteiger partial charge in [-0.2, -0.15) is 0 Å². The molecule has 0 amide bonds. The second-order valence-corrected chi connectivity index (χ2v) is 4.07. The fraction of sp³-hybridized carbons (Fsp3) is 0.250. The summed E-state index contributed by atoms with van der Waals surface area (Å²) in [5.41, 5.74) is 7.76. The van der Waals surface area contributed by atoms with Crippen LogP contribution in [0.25, 0.3) is 0 Å². The van der Waals surface area contributed by atoms with E-state index in [2.05, 4.69) is 20.6 Å². The maximum Gasteiger partial charge on any atom is 0.188 e. The molecule has 0 fully saturated rings. The summed E-state index contributed by atoms with van der Waals surface area (Å²) in [6, 6.07) is 5.49. The average molecular weight is 261 g/mol. The minimum atomic E-state index is -0.00558. The van der Waals surface area contributed by atoms with Crippen LogP contribution in [0.1, 0.15) is 22.7 Å². The summed E-state index contributed by atoms with van der Waals surface area (Å²) >= 11 is 0. The minimum absolute atomic E-state index is 0.00558. The van der Waals surface area contributed by atoms with Gasteiger partial charge in [-0.05, 0) is 24.6 Å². The van der Waals surface area contributed by atoms with E-state index in [0.29, 0.717) is 18.8 Å². The molecule has 0 aromatic carbocycles. The first kappa shape index (κ1) is 13.0. The maximum atomic E-state index is 8.59. The van der Waals surface area contributed by atoms with E-state index in [1.165, 1.54) is 0 Å². The van der Waals surface area contributed by atoms with E-state index < -0.39 is 0 Å². The largest absolute Gasteiger partial charge is 0.409 e. The molecule has 19 heavy (non-hydrogen) atoms. The molecule has 2 rings (SSSR count). The second kappa shape index (κ2) is 5.96. The first-order chi connectivity index (χ1) is 9.19. The number of hydrogen-bond donors (Lipinski definition) is 3. The van der Waals surface area contributed by atoms with Crippen molar-refractivity contribution in [1.82, 2.24) is 15.5 Å². The SMILES string of the molecule is Cc1cc(CNCc2ccnc(C(N)=NO)c2)no1. The standard InChI is InChI=1S/C12H15N5O2/c1-8-4-10(17-19-8)7-14-6-9-2-3-15-11(5-9)12(13)16-18/h2-5,14,18H,6-7H2,1H3,(H2,13,16). The van der Waals surface area contributed by atoms with Crippen molar-refractivity contribution < 1.29 is 9.73 Å². The summed E-state index contributed by atoms with van der Waals surface area (Å²) in [5.74, 6) is 0.781. The van der Waals surface area contributed by atoms with Gasteiger partial charge in [0.15, 0.2) is 5.84 Å². The predicted octanol–water partition coefficient (Wildman–Crippen LogP) is 0.762. The van der Waals surface area contributed by atoms with Crippen LogP contribution in [0.2, 0.25) is 0 Å². The van der Waals surface area contributed by atoms with Crippen LogP contribution < -0.4 is 11.1 Å². The van der Waals surface area contributed by atoms with Crippen molar-refractivity contribution in [3.8, 4) is 0 Å². The normalized spacial score (nSPS) is 11.7. The Balaban J connectivity index is 1.92. The third kappa shape index (κ3) is 3.52. The van der Waals surface area contributed by atoms with Gasteiger partial charge in [0.1, 0.15) is 11.5 Å². The zero-order valence-electron chi connectivity index (χ0n) is 10.5. The Morgan fingerprint density at radius 1 is 1.47 bits per heavy atom. The van der Waals surface area contributed by atoms with E-state index in [-0.39, 0.29) is 5.84 Å². The smallest absolute Gasteiger partial charge is 0.188 e. The quantitative estimate of drug-likeness (QED) is 0.317. The molecular weight excluding hydrogens is 246 g/mol. The van der Waals surface area contributed by atoms with Gasteiger partial charge in [0.25, 0.3) is 0 Å². The summed E-state index contributed by atoms with van der Waals surface area (Å²) in [7, 11) is 0. The molecule has 0 unspecified atom stereocenters. The molecule has 100 valence electrons. The van der Waals surface area contributed by atoms with Gasteiger partial charge < -0.3 is 20.8 Å². The number of oxime groups is 1. The number of pyridine rings is 1. The third-order valence-corrected chi connectivity index (χ3v) is 2.51. The molecule has 0 bridgehead atoms. The molecule has 7 heteroatoms. The Kier molecular flexibility index (Phi) is 4.09. The number of aromatic nitrogens is 2. The second-order valence-electron chi connectivity index (χ2n) is 4.07. The topological polar surface area (TPSA) is 110 Å². The molecule has 0 saturated heterocycles. The Bertz CT molecular complexity index is 579. The van der Waals surface area contributed by atoms with E-state index in [1.54, 1.807) is 12.3 Å². The highest BCUT2D eigenvalue weighted by Gasteiger charge is 2.03. The lowest BCUT2D eigenvalue weighted by Crippen LogP contribution is -2.17. The summed E-state index contributed by atoms with van der Waals surface area (Å²) in [6.07, 6.45) is 1.62. The van der Waals surface area contributed by atoms with E-state index in [1.807, 2.05) is 19.1 Å². The van der Waals surface area contributed by atoms with Crippen molar-refractivity contribution in [3.63, 3.8) is 0 Å². The lowest BCUT2D eigenvalue weighted by Gasteiger charge is -2.04. The summed E-state index contributed by atoms with van der Waals surface area (Å²) in [5, 5.41) is 18.6. The summed E-state index contributed by atoms with van der Waals surface area (Å²) < 4.78 is 4.97. The number of amidine groups is 1. The fourth-order valence-corrected chi connectivity index (χ4v) is 1.61. The van der Waals surface area contributed by atoms with E-state index in [4.69, 9.17) is 15.5 Å².